The van der Waals surface area contributed by atoms with E-state index in [1.807, 2.05) is 0 Å². The molecule has 0 bridgehead atoms. The van der Waals surface area contributed by atoms with Gasteiger partial charge in [-0.05, 0) is 24.1 Å². The standard InChI is InChI=1S/C13H12F4OS/c1-9(18)19-7-3-2-4-10-5-6-11(12(14)8-10)13(15,16)17/h2,4-6,8H,3,7H2,1H3. The molecule has 0 radical (unpaired) electrons. The SMILES string of the molecule is CC(=O)SCCC=Cc1ccc(C(F)(F)F)c(F)c1. The summed E-state index contributed by atoms with van der Waals surface area (Å²) >= 11 is 1.16. The summed E-state index contributed by atoms with van der Waals surface area (Å²) < 4.78 is 50.2. The smallest absolute Gasteiger partial charge is 0.288 e. The molecule has 0 aliphatic carbocycles. The Morgan fingerprint density at radius 3 is 2.58 bits per heavy atom. The first-order valence-electron chi connectivity index (χ1n) is 5.47. The summed E-state index contributed by atoms with van der Waals surface area (Å²) in [5.74, 6) is -0.692. The van der Waals surface area contributed by atoms with Crippen LogP contribution in [-0.2, 0) is 11.0 Å². The molecule has 0 aromatic heterocycles. The highest BCUT2D eigenvalue weighted by Gasteiger charge is 2.33. The zero-order chi connectivity index (χ0) is 14.5. The lowest BCUT2D eigenvalue weighted by Crippen LogP contribution is -2.07. The Labute approximate surface area is 112 Å². The van der Waals surface area contributed by atoms with Gasteiger partial charge in [0.15, 0.2) is 5.12 Å². The Kier molecular flexibility index (Phi) is 5.60. The monoisotopic (exact) mass is 292 g/mol. The van der Waals surface area contributed by atoms with Crippen molar-refractivity contribution < 1.29 is 22.4 Å². The van der Waals surface area contributed by atoms with Gasteiger partial charge in [-0.1, -0.05) is 30.0 Å². The molecule has 0 saturated carbocycles. The van der Waals surface area contributed by atoms with Crippen molar-refractivity contribution in [1.29, 1.82) is 0 Å². The average molecular weight is 292 g/mol. The third-order valence-electron chi connectivity index (χ3n) is 2.20. The molecule has 1 nitrogen and oxygen atoms in total. The molecule has 0 heterocycles. The number of carbonyl (C=O) groups excluding carboxylic acids is 1. The third-order valence-corrected chi connectivity index (χ3v) is 3.05. The molecule has 0 fully saturated rings. The quantitative estimate of drug-likeness (QED) is 0.599. The Balaban J connectivity index is 2.64. The summed E-state index contributed by atoms with van der Waals surface area (Å²) in [6, 6.07) is 2.78. The lowest BCUT2D eigenvalue weighted by Gasteiger charge is -2.07. The van der Waals surface area contributed by atoms with E-state index in [4.69, 9.17) is 0 Å². The maximum absolute atomic E-state index is 13.2. The Bertz CT molecular complexity index is 480. The molecule has 19 heavy (non-hydrogen) atoms. The largest absolute Gasteiger partial charge is 0.419 e. The van der Waals surface area contributed by atoms with Gasteiger partial charge in [0.1, 0.15) is 5.82 Å². The first kappa shape index (κ1) is 15.8. The average Bonchev–Trinajstić information content (AvgIpc) is 2.26. The minimum absolute atomic E-state index is 0.00831. The van der Waals surface area contributed by atoms with Crippen molar-refractivity contribution in [2.75, 3.05) is 5.75 Å². The van der Waals surface area contributed by atoms with Gasteiger partial charge in [-0.25, -0.2) is 4.39 Å². The number of thioether (sulfide) groups is 1. The first-order chi connectivity index (χ1) is 8.80. The summed E-state index contributed by atoms with van der Waals surface area (Å²) in [5, 5.41) is 0.00831. The number of allylic oxidation sites excluding steroid dienone is 1. The molecule has 0 unspecified atom stereocenters. The summed E-state index contributed by atoms with van der Waals surface area (Å²) in [6.07, 6.45) is -0.862. The van der Waals surface area contributed by atoms with Gasteiger partial charge in [-0.3, -0.25) is 4.79 Å². The van der Waals surface area contributed by atoms with E-state index in [0.29, 0.717) is 17.7 Å². The number of hydrogen-bond acceptors (Lipinski definition) is 2. The van der Waals surface area contributed by atoms with Crippen LogP contribution in [0.2, 0.25) is 0 Å². The fourth-order valence-electron chi connectivity index (χ4n) is 1.36. The van der Waals surface area contributed by atoms with Gasteiger partial charge in [-0.15, -0.1) is 0 Å². The van der Waals surface area contributed by atoms with Crippen molar-refractivity contribution in [3.8, 4) is 0 Å². The normalized spacial score (nSPS) is 12.1. The van der Waals surface area contributed by atoms with Crippen molar-refractivity contribution in [3.63, 3.8) is 0 Å². The third kappa shape index (κ3) is 5.46. The molecular formula is C13H12F4OS. The second-order valence-corrected chi connectivity index (χ2v) is 5.04. The number of hydrogen-bond donors (Lipinski definition) is 0. The van der Waals surface area contributed by atoms with E-state index in [9.17, 15) is 22.4 Å². The van der Waals surface area contributed by atoms with Gasteiger partial charge in [0, 0.05) is 12.7 Å². The Morgan fingerprint density at radius 1 is 1.37 bits per heavy atom. The highest BCUT2D eigenvalue weighted by atomic mass is 32.2. The van der Waals surface area contributed by atoms with Crippen molar-refractivity contribution in [3.05, 3.63) is 41.2 Å². The van der Waals surface area contributed by atoms with E-state index in [0.717, 1.165) is 23.9 Å². The van der Waals surface area contributed by atoms with Crippen LogP contribution < -0.4 is 0 Å². The predicted molar refractivity (Wildman–Crippen MR) is 68.2 cm³/mol. The van der Waals surface area contributed by atoms with E-state index < -0.39 is 17.6 Å². The van der Waals surface area contributed by atoms with Crippen molar-refractivity contribution in [2.45, 2.75) is 19.5 Å². The molecule has 0 atom stereocenters. The van der Waals surface area contributed by atoms with E-state index in [-0.39, 0.29) is 5.12 Å². The van der Waals surface area contributed by atoms with Crippen LogP contribution in [-0.4, -0.2) is 10.9 Å². The molecule has 1 aromatic carbocycles. The predicted octanol–water partition coefficient (Wildman–Crippen LogP) is 4.53. The zero-order valence-corrected chi connectivity index (χ0v) is 10.9. The van der Waals surface area contributed by atoms with Crippen molar-refractivity contribution in [2.24, 2.45) is 0 Å². The summed E-state index contributed by atoms with van der Waals surface area (Å²) in [6.45, 7) is 1.46. The number of alkyl halides is 3. The Morgan fingerprint density at radius 2 is 2.05 bits per heavy atom. The molecule has 0 aliphatic heterocycles. The topological polar surface area (TPSA) is 17.1 Å². The van der Waals surface area contributed by atoms with Gasteiger partial charge < -0.3 is 0 Å². The molecule has 6 heteroatoms. The minimum Gasteiger partial charge on any atom is -0.288 e. The van der Waals surface area contributed by atoms with Crippen LogP contribution in [0.4, 0.5) is 17.6 Å². The minimum atomic E-state index is -4.68. The van der Waals surface area contributed by atoms with Crippen LogP contribution in [0, 0.1) is 5.82 Å². The molecule has 1 aromatic rings. The van der Waals surface area contributed by atoms with Crippen molar-refractivity contribution >= 4 is 23.0 Å². The summed E-state index contributed by atoms with van der Waals surface area (Å²) in [7, 11) is 0. The van der Waals surface area contributed by atoms with E-state index >= 15 is 0 Å². The lowest BCUT2D eigenvalue weighted by atomic mass is 10.1. The molecule has 0 spiro atoms. The number of halogens is 4. The molecule has 0 aliphatic rings. The van der Waals surface area contributed by atoms with Crippen LogP contribution in [0.1, 0.15) is 24.5 Å². The second kappa shape index (κ2) is 6.75. The van der Waals surface area contributed by atoms with E-state index in [2.05, 4.69) is 0 Å². The number of benzene rings is 1. The molecule has 0 N–H and O–H groups in total. The van der Waals surface area contributed by atoms with Crippen LogP contribution in [0.25, 0.3) is 6.08 Å². The van der Waals surface area contributed by atoms with E-state index in [1.165, 1.54) is 19.1 Å². The number of carbonyl (C=O) groups is 1. The van der Waals surface area contributed by atoms with Crippen LogP contribution in [0.3, 0.4) is 0 Å². The van der Waals surface area contributed by atoms with Gasteiger partial charge >= 0.3 is 6.18 Å². The number of rotatable bonds is 4. The zero-order valence-electron chi connectivity index (χ0n) is 10.1. The van der Waals surface area contributed by atoms with Gasteiger partial charge in [0.2, 0.25) is 0 Å². The fraction of sp³-hybridized carbons (Fsp3) is 0.308. The highest BCUT2D eigenvalue weighted by Crippen LogP contribution is 2.31. The molecular weight excluding hydrogens is 280 g/mol. The van der Waals surface area contributed by atoms with Gasteiger partial charge in [0.05, 0.1) is 5.56 Å². The summed E-state index contributed by atoms with van der Waals surface area (Å²) in [5.41, 5.74) is -0.907. The fourth-order valence-corrected chi connectivity index (χ4v) is 1.90. The van der Waals surface area contributed by atoms with Gasteiger partial charge in [0.25, 0.3) is 0 Å². The maximum atomic E-state index is 13.2. The van der Waals surface area contributed by atoms with Crippen LogP contribution >= 0.6 is 11.8 Å². The second-order valence-electron chi connectivity index (χ2n) is 3.77. The van der Waals surface area contributed by atoms with Crippen molar-refractivity contribution in [1.82, 2.24) is 0 Å². The lowest BCUT2D eigenvalue weighted by molar-refractivity contribution is -0.140. The first-order valence-corrected chi connectivity index (χ1v) is 6.46. The van der Waals surface area contributed by atoms with Gasteiger partial charge in [-0.2, -0.15) is 13.2 Å². The molecule has 0 amide bonds. The van der Waals surface area contributed by atoms with Crippen LogP contribution in [0.5, 0.6) is 0 Å². The van der Waals surface area contributed by atoms with E-state index in [1.54, 1.807) is 6.08 Å². The highest BCUT2D eigenvalue weighted by molar-refractivity contribution is 8.13. The molecule has 0 saturated heterocycles. The van der Waals surface area contributed by atoms with Crippen LogP contribution in [0.15, 0.2) is 24.3 Å². The molecule has 104 valence electrons. The Hall–Kier alpha value is -1.30. The molecule has 1 rings (SSSR count). The summed E-state index contributed by atoms with van der Waals surface area (Å²) in [4.78, 5) is 10.6. The maximum Gasteiger partial charge on any atom is 0.419 e.